The van der Waals surface area contributed by atoms with Crippen molar-refractivity contribution in [2.75, 3.05) is 16.8 Å². The average molecular weight is 404 g/mol. The van der Waals surface area contributed by atoms with Crippen LogP contribution >= 0.6 is 35.0 Å². The lowest BCUT2D eigenvalue weighted by Crippen LogP contribution is -2.31. The van der Waals surface area contributed by atoms with Crippen LogP contribution in [0.25, 0.3) is 0 Å². The highest BCUT2D eigenvalue weighted by atomic mass is 35.5. The van der Waals surface area contributed by atoms with Crippen molar-refractivity contribution >= 4 is 40.7 Å². The molecule has 2 heterocycles. The van der Waals surface area contributed by atoms with E-state index in [0.29, 0.717) is 17.9 Å². The van der Waals surface area contributed by atoms with Crippen molar-refractivity contribution in [2.24, 2.45) is 5.92 Å². The minimum atomic E-state index is 0.215. The van der Waals surface area contributed by atoms with Crippen molar-refractivity contribution in [1.29, 1.82) is 0 Å². The molecule has 5 rings (SSSR count). The number of nitrogens with one attached hydrogen (secondary N) is 1. The summed E-state index contributed by atoms with van der Waals surface area (Å²) in [6.07, 6.45) is 5.96. The van der Waals surface area contributed by atoms with E-state index in [2.05, 4.69) is 41.7 Å². The Morgan fingerprint density at radius 3 is 2.50 bits per heavy atom. The lowest BCUT2D eigenvalue weighted by molar-refractivity contribution is 0.240. The Morgan fingerprint density at radius 2 is 1.77 bits per heavy atom. The average Bonchev–Trinajstić information content (AvgIpc) is 3.10. The lowest BCUT2D eigenvalue weighted by Gasteiger charge is -2.38. The van der Waals surface area contributed by atoms with Crippen LogP contribution in [0.15, 0.2) is 48.6 Å². The normalized spacial score (nSPS) is 26.6. The zero-order valence-electron chi connectivity index (χ0n) is 14.1. The molecule has 1 aliphatic carbocycles. The molecule has 3 aliphatic rings. The number of benzene rings is 2. The van der Waals surface area contributed by atoms with E-state index in [-0.39, 0.29) is 6.04 Å². The van der Waals surface area contributed by atoms with Crippen molar-refractivity contribution in [3.8, 4) is 5.75 Å². The fourth-order valence-corrected chi connectivity index (χ4v) is 5.25. The molecule has 0 saturated carbocycles. The third-order valence-corrected chi connectivity index (χ3v) is 7.42. The molecule has 0 amide bonds. The Labute approximate surface area is 167 Å². The molecule has 0 unspecified atom stereocenters. The molecule has 26 heavy (non-hydrogen) atoms. The smallest absolute Gasteiger partial charge is 0.119 e. The van der Waals surface area contributed by atoms with Gasteiger partial charge in [-0.05, 0) is 42.2 Å². The highest BCUT2D eigenvalue weighted by Crippen LogP contribution is 2.53. The fourth-order valence-electron chi connectivity index (χ4n) is 4.19. The molecule has 5 heteroatoms. The number of ether oxygens (including phenoxy) is 1. The van der Waals surface area contributed by atoms with E-state index < -0.39 is 0 Å². The minimum absolute atomic E-state index is 0.215. The summed E-state index contributed by atoms with van der Waals surface area (Å²) in [7, 11) is 0. The molecule has 1 fully saturated rings. The first kappa shape index (κ1) is 16.9. The number of allylic oxidation sites excluding steroid dienone is 2. The van der Waals surface area contributed by atoms with Gasteiger partial charge in [-0.2, -0.15) is 11.8 Å². The molecule has 2 aliphatic heterocycles. The van der Waals surface area contributed by atoms with Gasteiger partial charge in [0.1, 0.15) is 11.9 Å². The molecule has 1 saturated heterocycles. The van der Waals surface area contributed by atoms with Crippen molar-refractivity contribution in [1.82, 2.24) is 0 Å². The van der Waals surface area contributed by atoms with Gasteiger partial charge < -0.3 is 10.1 Å². The van der Waals surface area contributed by atoms with Gasteiger partial charge in [0.15, 0.2) is 0 Å². The fraction of sp³-hybridized carbons (Fsp3) is 0.333. The van der Waals surface area contributed by atoms with Crippen LogP contribution in [0.4, 0.5) is 5.69 Å². The van der Waals surface area contributed by atoms with Crippen molar-refractivity contribution in [3.05, 3.63) is 69.7 Å². The second-order valence-electron chi connectivity index (χ2n) is 7.14. The number of halogens is 2. The molecule has 0 bridgehead atoms. The molecule has 2 aromatic carbocycles. The topological polar surface area (TPSA) is 21.3 Å². The number of hydrogen-bond acceptors (Lipinski definition) is 3. The molecule has 2 aromatic rings. The van der Waals surface area contributed by atoms with E-state index >= 15 is 0 Å². The molecule has 1 N–H and O–H groups in total. The van der Waals surface area contributed by atoms with Gasteiger partial charge in [-0.15, -0.1) is 0 Å². The van der Waals surface area contributed by atoms with Gasteiger partial charge in [0.05, 0.1) is 16.8 Å². The monoisotopic (exact) mass is 403 g/mol. The highest BCUT2D eigenvalue weighted by molar-refractivity contribution is 8.00. The quantitative estimate of drug-likeness (QED) is 0.606. The van der Waals surface area contributed by atoms with Crippen LogP contribution in [0.3, 0.4) is 0 Å². The molecule has 134 valence electrons. The van der Waals surface area contributed by atoms with Crippen LogP contribution in [0.1, 0.15) is 29.5 Å². The van der Waals surface area contributed by atoms with Crippen LogP contribution in [0, 0.1) is 5.92 Å². The Kier molecular flexibility index (Phi) is 4.35. The molecular formula is C21H19Cl2NOS. The number of fused-ring (bicyclic) bond motifs is 3. The summed E-state index contributed by atoms with van der Waals surface area (Å²) >= 11 is 14.9. The molecule has 0 radical (unpaired) electrons. The Bertz CT molecular complexity index is 863. The van der Waals surface area contributed by atoms with E-state index in [4.69, 9.17) is 27.9 Å². The van der Waals surface area contributed by atoms with Crippen LogP contribution in [-0.2, 0) is 0 Å². The van der Waals surface area contributed by atoms with Gasteiger partial charge in [0.25, 0.3) is 0 Å². The van der Waals surface area contributed by atoms with Gasteiger partial charge in [-0.1, -0.05) is 47.5 Å². The predicted molar refractivity (Wildman–Crippen MR) is 111 cm³/mol. The van der Waals surface area contributed by atoms with Crippen LogP contribution in [0.5, 0.6) is 5.75 Å². The summed E-state index contributed by atoms with van der Waals surface area (Å²) in [5.74, 6) is 3.91. The molecular weight excluding hydrogens is 385 g/mol. The van der Waals surface area contributed by atoms with E-state index in [1.807, 2.05) is 23.9 Å². The third-order valence-electron chi connectivity index (χ3n) is 5.57. The summed E-state index contributed by atoms with van der Waals surface area (Å²) in [4.78, 5) is 0. The predicted octanol–water partition coefficient (Wildman–Crippen LogP) is 6.31. The zero-order valence-corrected chi connectivity index (χ0v) is 16.5. The Morgan fingerprint density at radius 1 is 1.00 bits per heavy atom. The molecule has 0 aromatic heterocycles. The SMILES string of the molecule is Clc1ccc(Cl)c2c1N[C@@H](c1ccc(OC3CSC3)cc1)[C@H]1CC=C[C@@H]21. The van der Waals surface area contributed by atoms with Crippen LogP contribution < -0.4 is 10.1 Å². The van der Waals surface area contributed by atoms with E-state index in [0.717, 1.165) is 45.0 Å². The summed E-state index contributed by atoms with van der Waals surface area (Å²) in [5.41, 5.74) is 3.38. The standard InChI is InChI=1S/C21H19Cl2NOS/c22-17-8-9-18(23)21-19(17)15-2-1-3-16(15)20(24-21)12-4-6-13(7-5-12)25-14-10-26-11-14/h1-2,4-9,14-16,20,24H,3,10-11H2/t15-,16+,20+/m1/s1. The first-order valence-corrected chi connectivity index (χ1v) is 10.9. The van der Waals surface area contributed by atoms with E-state index in [1.165, 1.54) is 5.56 Å². The highest BCUT2D eigenvalue weighted by Gasteiger charge is 2.39. The van der Waals surface area contributed by atoms with Gasteiger partial charge in [-0.25, -0.2) is 0 Å². The van der Waals surface area contributed by atoms with Crippen molar-refractivity contribution in [3.63, 3.8) is 0 Å². The van der Waals surface area contributed by atoms with E-state index in [9.17, 15) is 0 Å². The second kappa shape index (κ2) is 6.70. The molecule has 0 spiro atoms. The first-order valence-electron chi connectivity index (χ1n) is 8.96. The van der Waals surface area contributed by atoms with Crippen molar-refractivity contribution < 1.29 is 4.74 Å². The summed E-state index contributed by atoms with van der Waals surface area (Å²) in [5, 5.41) is 5.20. The van der Waals surface area contributed by atoms with Gasteiger partial charge in [-0.3, -0.25) is 0 Å². The maximum Gasteiger partial charge on any atom is 0.119 e. The molecule has 3 atom stereocenters. The van der Waals surface area contributed by atoms with Gasteiger partial charge in [0.2, 0.25) is 0 Å². The third kappa shape index (κ3) is 2.81. The zero-order chi connectivity index (χ0) is 17.7. The molecule has 2 nitrogen and oxygen atoms in total. The first-order chi connectivity index (χ1) is 12.7. The minimum Gasteiger partial charge on any atom is -0.489 e. The van der Waals surface area contributed by atoms with Crippen molar-refractivity contribution in [2.45, 2.75) is 24.5 Å². The Balaban J connectivity index is 1.46. The number of rotatable bonds is 3. The van der Waals surface area contributed by atoms with E-state index in [1.54, 1.807) is 0 Å². The Hall–Kier alpha value is -1.29. The lowest BCUT2D eigenvalue weighted by atomic mass is 9.77. The number of thioether (sulfide) groups is 1. The maximum atomic E-state index is 6.51. The van der Waals surface area contributed by atoms with Gasteiger partial charge in [0, 0.05) is 28.0 Å². The largest absolute Gasteiger partial charge is 0.489 e. The number of anilines is 1. The van der Waals surface area contributed by atoms with Gasteiger partial charge >= 0.3 is 0 Å². The second-order valence-corrected chi connectivity index (χ2v) is 9.03. The van der Waals surface area contributed by atoms with Crippen LogP contribution in [0.2, 0.25) is 10.0 Å². The number of hydrogen-bond donors (Lipinski definition) is 1. The maximum absolute atomic E-state index is 6.51. The summed E-state index contributed by atoms with van der Waals surface area (Å²) < 4.78 is 5.98. The van der Waals surface area contributed by atoms with Crippen LogP contribution in [-0.4, -0.2) is 17.6 Å². The summed E-state index contributed by atoms with van der Waals surface area (Å²) in [6.45, 7) is 0. The summed E-state index contributed by atoms with van der Waals surface area (Å²) in [6, 6.07) is 12.5.